The predicted octanol–water partition coefficient (Wildman–Crippen LogP) is 4.35. The second-order valence-electron chi connectivity index (χ2n) is 12.8. The molecule has 0 aromatic rings. The van der Waals surface area contributed by atoms with Crippen molar-refractivity contribution in [1.82, 2.24) is 0 Å². The van der Waals surface area contributed by atoms with E-state index in [0.29, 0.717) is 30.6 Å². The Labute approximate surface area is 218 Å². The molecule has 3 heterocycles. The average Bonchev–Trinajstić information content (AvgIpc) is 3.17. The maximum atomic E-state index is 13.6. The highest BCUT2D eigenvalue weighted by Crippen LogP contribution is 2.70. The molecule has 8 heteroatoms. The van der Waals surface area contributed by atoms with Gasteiger partial charge < -0.3 is 18.9 Å². The summed E-state index contributed by atoms with van der Waals surface area (Å²) in [5.41, 5.74) is -3.44. The number of carbonyl (C=O) groups excluding carboxylic acids is 4. The number of hydrogen-bond acceptors (Lipinski definition) is 8. The lowest BCUT2D eigenvalue weighted by molar-refractivity contribution is -0.223. The number of ether oxygens (including phenoxy) is 4. The highest BCUT2D eigenvalue weighted by molar-refractivity contribution is 6.18. The Balaban J connectivity index is 1.66. The van der Waals surface area contributed by atoms with Crippen LogP contribution in [0.3, 0.4) is 0 Å². The first-order chi connectivity index (χ1) is 17.0. The summed E-state index contributed by atoms with van der Waals surface area (Å²) < 4.78 is 24.2. The van der Waals surface area contributed by atoms with E-state index in [0.717, 1.165) is 5.57 Å². The highest BCUT2D eigenvalue weighted by atomic mass is 16.6. The number of allylic oxidation sites excluding steroid dienone is 2. The van der Waals surface area contributed by atoms with Crippen molar-refractivity contribution in [3.8, 4) is 0 Å². The number of ketones is 1. The van der Waals surface area contributed by atoms with E-state index in [4.69, 9.17) is 18.9 Å². The lowest BCUT2D eigenvalue weighted by atomic mass is 9.41. The first kappa shape index (κ1) is 26.0. The van der Waals surface area contributed by atoms with Gasteiger partial charge in [0.2, 0.25) is 5.78 Å². The molecule has 0 aromatic carbocycles. The maximum absolute atomic E-state index is 13.6. The van der Waals surface area contributed by atoms with Crippen molar-refractivity contribution < 1.29 is 38.1 Å². The molecule has 0 bridgehead atoms. The summed E-state index contributed by atoms with van der Waals surface area (Å²) >= 11 is 0. The van der Waals surface area contributed by atoms with Crippen LogP contribution in [0.2, 0.25) is 0 Å². The summed E-state index contributed by atoms with van der Waals surface area (Å²) in [4.78, 5) is 52.0. The summed E-state index contributed by atoms with van der Waals surface area (Å²) in [6.07, 6.45) is 3.47. The van der Waals surface area contributed by atoms with Crippen LogP contribution in [0.15, 0.2) is 23.0 Å². The Morgan fingerprint density at radius 1 is 1.00 bits per heavy atom. The van der Waals surface area contributed by atoms with Crippen molar-refractivity contribution in [2.75, 3.05) is 0 Å². The standard InChI is InChI=1S/C29H38O8/c1-15-9-10-20-26(7,29(15)14-28(24(33)37-29)23(32)16(2)17(3)35-28)12-11-19-25(5,6)36-22(31)13-21(27(19,20)8)34-18(4)30/h9,19-21H,10-14H2,1-8H3/t19-,20-,21-,26+,27-,28+,29-/m1/s1. The summed E-state index contributed by atoms with van der Waals surface area (Å²) in [7, 11) is 0. The number of esters is 3. The molecule has 7 atom stereocenters. The fourth-order valence-corrected chi connectivity index (χ4v) is 8.79. The van der Waals surface area contributed by atoms with Crippen molar-refractivity contribution in [2.45, 2.75) is 110 Å². The number of fused-ring (bicyclic) bond motifs is 4. The zero-order valence-corrected chi connectivity index (χ0v) is 23.1. The van der Waals surface area contributed by atoms with Gasteiger partial charge in [-0.05, 0) is 65.4 Å². The molecular formula is C29H38O8. The molecular weight excluding hydrogens is 476 g/mol. The zero-order chi connectivity index (χ0) is 27.3. The Hall–Kier alpha value is -2.64. The molecule has 2 spiro atoms. The van der Waals surface area contributed by atoms with Crippen LogP contribution in [0.5, 0.6) is 0 Å². The molecule has 8 nitrogen and oxygen atoms in total. The van der Waals surface area contributed by atoms with Gasteiger partial charge in [-0.15, -0.1) is 0 Å². The number of carbonyl (C=O) groups is 4. The normalized spacial score (nSPS) is 44.5. The van der Waals surface area contributed by atoms with E-state index in [1.807, 2.05) is 20.8 Å². The van der Waals surface area contributed by atoms with Gasteiger partial charge in [-0.2, -0.15) is 0 Å². The van der Waals surface area contributed by atoms with Crippen LogP contribution in [0.1, 0.15) is 87.5 Å². The van der Waals surface area contributed by atoms with E-state index in [1.54, 1.807) is 13.8 Å². The molecule has 0 unspecified atom stereocenters. The summed E-state index contributed by atoms with van der Waals surface area (Å²) in [5, 5.41) is 0. The minimum absolute atomic E-state index is 0.0358. The first-order valence-corrected chi connectivity index (χ1v) is 13.3. The van der Waals surface area contributed by atoms with Crippen LogP contribution in [0.4, 0.5) is 0 Å². The van der Waals surface area contributed by atoms with Gasteiger partial charge in [0.25, 0.3) is 5.60 Å². The monoisotopic (exact) mass is 514 g/mol. The van der Waals surface area contributed by atoms with Gasteiger partial charge >= 0.3 is 17.9 Å². The Bertz CT molecular complexity index is 1180. The second-order valence-corrected chi connectivity index (χ2v) is 12.8. The molecule has 2 saturated heterocycles. The third-order valence-corrected chi connectivity index (χ3v) is 10.7. The van der Waals surface area contributed by atoms with Crippen molar-refractivity contribution in [1.29, 1.82) is 0 Å². The Morgan fingerprint density at radius 2 is 1.68 bits per heavy atom. The van der Waals surface area contributed by atoms with Crippen LogP contribution in [-0.2, 0) is 38.1 Å². The molecule has 1 saturated carbocycles. The van der Waals surface area contributed by atoms with Crippen LogP contribution in [-0.4, -0.2) is 46.6 Å². The van der Waals surface area contributed by atoms with Gasteiger partial charge in [0.1, 0.15) is 23.1 Å². The third kappa shape index (κ3) is 3.13. The summed E-state index contributed by atoms with van der Waals surface area (Å²) in [5.74, 6) is -1.60. The van der Waals surface area contributed by atoms with Crippen molar-refractivity contribution >= 4 is 23.7 Å². The van der Waals surface area contributed by atoms with Gasteiger partial charge in [0.15, 0.2) is 0 Å². The molecule has 37 heavy (non-hydrogen) atoms. The molecule has 5 aliphatic rings. The molecule has 0 N–H and O–H groups in total. The minimum Gasteiger partial charge on any atom is -0.471 e. The van der Waals surface area contributed by atoms with E-state index < -0.39 is 45.7 Å². The largest absolute Gasteiger partial charge is 0.471 e. The van der Waals surface area contributed by atoms with E-state index in [2.05, 4.69) is 19.9 Å². The van der Waals surface area contributed by atoms with E-state index in [-0.39, 0.29) is 36.4 Å². The zero-order valence-electron chi connectivity index (χ0n) is 23.1. The summed E-state index contributed by atoms with van der Waals surface area (Å²) in [6.45, 7) is 14.8. The quantitative estimate of drug-likeness (QED) is 0.220. The van der Waals surface area contributed by atoms with Crippen LogP contribution >= 0.6 is 0 Å². The molecule has 2 aliphatic carbocycles. The lowest BCUT2D eigenvalue weighted by Gasteiger charge is -2.65. The van der Waals surface area contributed by atoms with Gasteiger partial charge in [-0.1, -0.05) is 19.9 Å². The highest BCUT2D eigenvalue weighted by Gasteiger charge is 2.76. The molecule has 3 fully saturated rings. The van der Waals surface area contributed by atoms with Crippen LogP contribution in [0.25, 0.3) is 0 Å². The fraction of sp³-hybridized carbons (Fsp3) is 0.724. The molecule has 202 valence electrons. The van der Waals surface area contributed by atoms with Gasteiger partial charge in [-0.25, -0.2) is 4.79 Å². The smallest absolute Gasteiger partial charge is 0.359 e. The summed E-state index contributed by atoms with van der Waals surface area (Å²) in [6, 6.07) is 0. The lowest BCUT2D eigenvalue weighted by Crippen LogP contribution is -2.66. The van der Waals surface area contributed by atoms with Crippen molar-refractivity contribution in [3.63, 3.8) is 0 Å². The number of rotatable bonds is 1. The average molecular weight is 515 g/mol. The van der Waals surface area contributed by atoms with Crippen molar-refractivity contribution in [2.24, 2.45) is 22.7 Å². The van der Waals surface area contributed by atoms with Gasteiger partial charge in [0.05, 0.1) is 12.8 Å². The predicted molar refractivity (Wildman–Crippen MR) is 132 cm³/mol. The SMILES string of the molecule is CC(=O)O[C@@H]1CC(=O)OC(C)(C)[C@H]2CC[C@@]3(C)[C@@H](CC=C(C)[C@]34C[C@@]3(OC(C)=C(C)C3=O)C(=O)O4)[C@@]21C. The molecule has 3 aliphatic heterocycles. The molecule has 0 aromatic heterocycles. The maximum Gasteiger partial charge on any atom is 0.359 e. The fourth-order valence-electron chi connectivity index (χ4n) is 8.79. The van der Waals surface area contributed by atoms with Gasteiger partial charge in [0, 0.05) is 29.2 Å². The Kier molecular flexibility index (Phi) is 5.41. The van der Waals surface area contributed by atoms with E-state index in [1.165, 1.54) is 6.92 Å². The van der Waals surface area contributed by atoms with E-state index in [9.17, 15) is 19.2 Å². The van der Waals surface area contributed by atoms with Crippen molar-refractivity contribution in [3.05, 3.63) is 23.0 Å². The second kappa shape index (κ2) is 7.70. The topological polar surface area (TPSA) is 105 Å². The number of cyclic esters (lactones) is 1. The Morgan fingerprint density at radius 3 is 2.27 bits per heavy atom. The molecule has 0 radical (unpaired) electrons. The van der Waals surface area contributed by atoms with Crippen LogP contribution in [0, 0.1) is 22.7 Å². The van der Waals surface area contributed by atoms with Crippen LogP contribution < -0.4 is 0 Å². The third-order valence-electron chi connectivity index (χ3n) is 10.7. The first-order valence-electron chi connectivity index (χ1n) is 13.3. The molecule has 0 amide bonds. The molecule has 5 rings (SSSR count). The van der Waals surface area contributed by atoms with E-state index >= 15 is 0 Å². The van der Waals surface area contributed by atoms with Gasteiger partial charge in [-0.3, -0.25) is 14.4 Å². The number of Topliss-reactive ketones (excluding diaryl/α,β-unsaturated/α-hetero) is 1. The number of hydrogen-bond donors (Lipinski definition) is 0. The minimum atomic E-state index is -1.68.